The Bertz CT molecular complexity index is 622. The molecule has 1 aliphatic heterocycles. The number of alkyl carbamates (subject to hydrolysis) is 1. The van der Waals surface area contributed by atoms with Crippen molar-refractivity contribution in [2.45, 2.75) is 46.6 Å². The van der Waals surface area contributed by atoms with Crippen LogP contribution in [0.5, 0.6) is 5.75 Å². The summed E-state index contributed by atoms with van der Waals surface area (Å²) in [4.78, 5) is 25.8. The Balaban J connectivity index is 1.70. The molecule has 1 aromatic rings. The van der Waals surface area contributed by atoms with Crippen LogP contribution in [0.3, 0.4) is 0 Å². The van der Waals surface area contributed by atoms with Crippen molar-refractivity contribution in [3.63, 3.8) is 0 Å². The van der Waals surface area contributed by atoms with E-state index in [1.807, 2.05) is 45.9 Å². The maximum Gasteiger partial charge on any atom is 0.407 e. The SMILES string of the molecule is Cc1ccc(OCC(=O)N2CCC(NC(=O)OCC(C)C)CC2)cc1C. The molecule has 0 radical (unpaired) electrons. The predicted molar refractivity (Wildman–Crippen MR) is 100 cm³/mol. The smallest absolute Gasteiger partial charge is 0.407 e. The molecule has 144 valence electrons. The highest BCUT2D eigenvalue weighted by molar-refractivity contribution is 5.78. The summed E-state index contributed by atoms with van der Waals surface area (Å²) in [5.74, 6) is 1.01. The van der Waals surface area contributed by atoms with E-state index in [0.717, 1.165) is 18.4 Å². The second-order valence-electron chi connectivity index (χ2n) is 7.33. The molecule has 1 fully saturated rings. The van der Waals surface area contributed by atoms with Crippen LogP contribution >= 0.6 is 0 Å². The third-order valence-electron chi connectivity index (χ3n) is 4.56. The lowest BCUT2D eigenvalue weighted by molar-refractivity contribution is -0.134. The summed E-state index contributed by atoms with van der Waals surface area (Å²) in [6.45, 7) is 9.74. The van der Waals surface area contributed by atoms with E-state index in [9.17, 15) is 9.59 Å². The van der Waals surface area contributed by atoms with Crippen LogP contribution in [0.4, 0.5) is 4.79 Å². The number of nitrogens with one attached hydrogen (secondary N) is 1. The van der Waals surface area contributed by atoms with Gasteiger partial charge in [0.1, 0.15) is 5.75 Å². The minimum Gasteiger partial charge on any atom is -0.484 e. The molecule has 1 N–H and O–H groups in total. The standard InChI is InChI=1S/C20H30N2O4/c1-14(2)12-26-20(24)21-17-7-9-22(10-8-17)19(23)13-25-18-6-5-15(3)16(4)11-18/h5-6,11,14,17H,7-10,12-13H2,1-4H3,(H,21,24). The number of hydrogen-bond donors (Lipinski definition) is 1. The first-order valence-corrected chi connectivity index (χ1v) is 9.26. The largest absolute Gasteiger partial charge is 0.484 e. The van der Waals surface area contributed by atoms with Gasteiger partial charge in [-0.2, -0.15) is 0 Å². The topological polar surface area (TPSA) is 67.9 Å². The highest BCUT2D eigenvalue weighted by Crippen LogP contribution is 2.17. The van der Waals surface area contributed by atoms with E-state index < -0.39 is 0 Å². The minimum atomic E-state index is -0.374. The summed E-state index contributed by atoms with van der Waals surface area (Å²) in [7, 11) is 0. The Morgan fingerprint density at radius 1 is 1.19 bits per heavy atom. The third-order valence-corrected chi connectivity index (χ3v) is 4.56. The van der Waals surface area contributed by atoms with Gasteiger partial charge in [0.25, 0.3) is 5.91 Å². The molecule has 2 rings (SSSR count). The van der Waals surface area contributed by atoms with Crippen LogP contribution in [0.2, 0.25) is 0 Å². The van der Waals surface area contributed by atoms with Gasteiger partial charge in [-0.25, -0.2) is 4.79 Å². The number of aryl methyl sites for hydroxylation is 2. The Morgan fingerprint density at radius 2 is 1.88 bits per heavy atom. The number of carbonyl (C=O) groups is 2. The van der Waals surface area contributed by atoms with Gasteiger partial charge in [-0.1, -0.05) is 19.9 Å². The van der Waals surface area contributed by atoms with Crippen molar-refractivity contribution < 1.29 is 19.1 Å². The highest BCUT2D eigenvalue weighted by Gasteiger charge is 2.24. The summed E-state index contributed by atoms with van der Waals surface area (Å²) in [5.41, 5.74) is 2.34. The summed E-state index contributed by atoms with van der Waals surface area (Å²) in [6, 6.07) is 5.88. The van der Waals surface area contributed by atoms with E-state index in [1.54, 1.807) is 4.90 Å². The zero-order chi connectivity index (χ0) is 19.1. The molecule has 6 heteroatoms. The van der Waals surface area contributed by atoms with Gasteiger partial charge in [0, 0.05) is 19.1 Å². The molecule has 0 atom stereocenters. The van der Waals surface area contributed by atoms with Gasteiger partial charge in [-0.15, -0.1) is 0 Å². The molecule has 2 amide bonds. The van der Waals surface area contributed by atoms with Gasteiger partial charge >= 0.3 is 6.09 Å². The zero-order valence-electron chi connectivity index (χ0n) is 16.2. The van der Waals surface area contributed by atoms with E-state index >= 15 is 0 Å². The Labute approximate surface area is 155 Å². The molecule has 0 unspecified atom stereocenters. The highest BCUT2D eigenvalue weighted by atomic mass is 16.5. The number of hydrogen-bond acceptors (Lipinski definition) is 4. The number of carbonyl (C=O) groups excluding carboxylic acids is 2. The lowest BCUT2D eigenvalue weighted by atomic mass is 10.1. The lowest BCUT2D eigenvalue weighted by Gasteiger charge is -2.32. The number of benzene rings is 1. The first-order valence-electron chi connectivity index (χ1n) is 9.26. The molecule has 1 aromatic carbocycles. The van der Waals surface area contributed by atoms with Gasteiger partial charge < -0.3 is 19.7 Å². The molecule has 26 heavy (non-hydrogen) atoms. The second kappa shape index (κ2) is 9.46. The average molecular weight is 362 g/mol. The van der Waals surface area contributed by atoms with Crippen LogP contribution in [-0.2, 0) is 9.53 Å². The first kappa shape index (κ1) is 20.1. The van der Waals surface area contributed by atoms with Crippen molar-refractivity contribution in [1.29, 1.82) is 0 Å². The summed E-state index contributed by atoms with van der Waals surface area (Å²) < 4.78 is 10.8. The molecule has 0 aromatic heterocycles. The van der Waals surface area contributed by atoms with Crippen molar-refractivity contribution in [1.82, 2.24) is 10.2 Å². The predicted octanol–water partition coefficient (Wildman–Crippen LogP) is 3.06. The molecule has 1 aliphatic rings. The van der Waals surface area contributed by atoms with Crippen molar-refractivity contribution in [2.75, 3.05) is 26.3 Å². The molecule has 0 aliphatic carbocycles. The van der Waals surface area contributed by atoms with Crippen LogP contribution in [0.15, 0.2) is 18.2 Å². The number of piperidine rings is 1. The van der Waals surface area contributed by atoms with Crippen LogP contribution in [0, 0.1) is 19.8 Å². The number of amides is 2. The molecule has 0 bridgehead atoms. The number of nitrogens with zero attached hydrogens (tertiary/aromatic N) is 1. The van der Waals surface area contributed by atoms with Crippen LogP contribution in [-0.4, -0.2) is 49.2 Å². The van der Waals surface area contributed by atoms with Gasteiger partial charge in [0.05, 0.1) is 6.61 Å². The molecular formula is C20H30N2O4. The minimum absolute atomic E-state index is 0.0240. The normalized spacial score (nSPS) is 15.0. The molecule has 6 nitrogen and oxygen atoms in total. The number of ether oxygens (including phenoxy) is 2. The van der Waals surface area contributed by atoms with E-state index in [-0.39, 0.29) is 24.6 Å². The second-order valence-corrected chi connectivity index (χ2v) is 7.33. The number of rotatable bonds is 6. The van der Waals surface area contributed by atoms with Gasteiger partial charge in [0.2, 0.25) is 0 Å². The van der Waals surface area contributed by atoms with Crippen molar-refractivity contribution in [3.8, 4) is 5.75 Å². The quantitative estimate of drug-likeness (QED) is 0.844. The van der Waals surface area contributed by atoms with E-state index in [4.69, 9.17) is 9.47 Å². The maximum atomic E-state index is 12.3. The van der Waals surface area contributed by atoms with Crippen LogP contribution < -0.4 is 10.1 Å². The van der Waals surface area contributed by atoms with Crippen molar-refractivity contribution >= 4 is 12.0 Å². The van der Waals surface area contributed by atoms with Gasteiger partial charge in [0.15, 0.2) is 6.61 Å². The number of likely N-dealkylation sites (tertiary alicyclic amines) is 1. The molecular weight excluding hydrogens is 332 g/mol. The molecule has 1 heterocycles. The third kappa shape index (κ3) is 6.24. The summed E-state index contributed by atoms with van der Waals surface area (Å²) >= 11 is 0. The van der Waals surface area contributed by atoms with Crippen molar-refractivity contribution in [2.24, 2.45) is 5.92 Å². The van der Waals surface area contributed by atoms with E-state index in [2.05, 4.69) is 5.32 Å². The fourth-order valence-electron chi connectivity index (χ4n) is 2.76. The molecule has 1 saturated heterocycles. The van der Waals surface area contributed by atoms with Gasteiger partial charge in [-0.3, -0.25) is 4.79 Å². The Hall–Kier alpha value is -2.24. The van der Waals surface area contributed by atoms with E-state index in [0.29, 0.717) is 31.4 Å². The first-order chi connectivity index (χ1) is 12.3. The molecule has 0 saturated carbocycles. The van der Waals surface area contributed by atoms with Crippen LogP contribution in [0.25, 0.3) is 0 Å². The Morgan fingerprint density at radius 3 is 2.50 bits per heavy atom. The fourth-order valence-corrected chi connectivity index (χ4v) is 2.76. The van der Waals surface area contributed by atoms with Crippen molar-refractivity contribution in [3.05, 3.63) is 29.3 Å². The fraction of sp³-hybridized carbons (Fsp3) is 0.600. The lowest BCUT2D eigenvalue weighted by Crippen LogP contribution is -2.47. The molecule has 0 spiro atoms. The summed E-state index contributed by atoms with van der Waals surface area (Å²) in [5, 5.41) is 2.87. The van der Waals surface area contributed by atoms with Crippen LogP contribution in [0.1, 0.15) is 37.8 Å². The Kier molecular flexibility index (Phi) is 7.30. The van der Waals surface area contributed by atoms with Gasteiger partial charge in [-0.05, 0) is 55.9 Å². The zero-order valence-corrected chi connectivity index (χ0v) is 16.2. The van der Waals surface area contributed by atoms with E-state index in [1.165, 1.54) is 5.56 Å². The average Bonchev–Trinajstić information content (AvgIpc) is 2.61. The summed E-state index contributed by atoms with van der Waals surface area (Å²) in [6.07, 6.45) is 1.08. The monoisotopic (exact) mass is 362 g/mol. The maximum absolute atomic E-state index is 12.3.